The minimum absolute atomic E-state index is 0.109. The Bertz CT molecular complexity index is 1140. The molecular formula is C21H24ClN3O4. The number of hydrogen-bond donors (Lipinski definition) is 2. The highest BCUT2D eigenvalue weighted by atomic mass is 35.5. The Kier molecular flexibility index (Phi) is 5.98. The first-order valence-electron chi connectivity index (χ1n) is 9.38. The molecule has 7 nitrogen and oxygen atoms in total. The van der Waals surface area contributed by atoms with Crippen molar-refractivity contribution in [1.29, 1.82) is 0 Å². The third kappa shape index (κ3) is 4.29. The second kappa shape index (κ2) is 8.29. The molecule has 3 rings (SSSR count). The maximum Gasteiger partial charge on any atom is 0.404 e. The van der Waals surface area contributed by atoms with E-state index in [2.05, 4.69) is 10.3 Å². The van der Waals surface area contributed by atoms with Crippen LogP contribution in [0.15, 0.2) is 29.2 Å². The Morgan fingerprint density at radius 2 is 2.07 bits per heavy atom. The lowest BCUT2D eigenvalue weighted by molar-refractivity contribution is 0.185. The monoisotopic (exact) mass is 417 g/mol. The zero-order valence-electron chi connectivity index (χ0n) is 16.8. The van der Waals surface area contributed by atoms with Crippen LogP contribution in [0.5, 0.6) is 5.75 Å². The van der Waals surface area contributed by atoms with Crippen molar-refractivity contribution >= 4 is 39.4 Å². The van der Waals surface area contributed by atoms with Gasteiger partial charge in [-0.15, -0.1) is 0 Å². The Morgan fingerprint density at radius 1 is 1.34 bits per heavy atom. The van der Waals surface area contributed by atoms with Crippen molar-refractivity contribution in [1.82, 2.24) is 14.9 Å². The number of rotatable bonds is 6. The first-order valence-corrected chi connectivity index (χ1v) is 9.76. The highest BCUT2D eigenvalue weighted by Crippen LogP contribution is 2.33. The molecule has 29 heavy (non-hydrogen) atoms. The number of pyridine rings is 2. The molecule has 154 valence electrons. The minimum atomic E-state index is -1.04. The van der Waals surface area contributed by atoms with E-state index in [-0.39, 0.29) is 17.5 Å². The molecule has 8 heteroatoms. The lowest BCUT2D eigenvalue weighted by Crippen LogP contribution is -2.33. The number of carbonyl (C=O) groups is 1. The number of ether oxygens (including phenoxy) is 1. The Balaban J connectivity index is 1.92. The molecule has 0 fully saturated rings. The van der Waals surface area contributed by atoms with Crippen LogP contribution in [-0.2, 0) is 7.05 Å². The van der Waals surface area contributed by atoms with Crippen LogP contribution in [0.3, 0.4) is 0 Å². The molecular weight excluding hydrogens is 394 g/mol. The molecule has 0 radical (unpaired) electrons. The van der Waals surface area contributed by atoms with Crippen LogP contribution in [0.2, 0.25) is 5.02 Å². The number of nitrogens with one attached hydrogen (secondary N) is 1. The topological polar surface area (TPSA) is 93.5 Å². The highest BCUT2D eigenvalue weighted by Gasteiger charge is 2.16. The van der Waals surface area contributed by atoms with E-state index in [1.807, 2.05) is 32.9 Å². The SMILES string of the molecule is Cc1nccc2c1c(=O)n(C)c1cc(OCC(C)CC(C)NC(=O)O)c(Cl)cc21. The van der Waals surface area contributed by atoms with Crippen LogP contribution < -0.4 is 15.6 Å². The predicted octanol–water partition coefficient (Wildman–Crippen LogP) is 4.11. The Labute approximate surface area is 173 Å². The molecule has 2 heterocycles. The van der Waals surface area contributed by atoms with Gasteiger partial charge in [-0.25, -0.2) is 4.79 Å². The zero-order chi connectivity index (χ0) is 21.3. The fourth-order valence-electron chi connectivity index (χ4n) is 3.66. The summed E-state index contributed by atoms with van der Waals surface area (Å²) < 4.78 is 7.49. The second-order valence-corrected chi connectivity index (χ2v) is 7.89. The van der Waals surface area contributed by atoms with Gasteiger partial charge < -0.3 is 19.7 Å². The fraction of sp³-hybridized carbons (Fsp3) is 0.381. The lowest BCUT2D eigenvalue weighted by atomic mass is 10.0. The summed E-state index contributed by atoms with van der Waals surface area (Å²) in [6.45, 7) is 5.98. The van der Waals surface area contributed by atoms with Crippen LogP contribution >= 0.6 is 11.6 Å². The molecule has 0 aliphatic heterocycles. The zero-order valence-corrected chi connectivity index (χ0v) is 17.6. The van der Waals surface area contributed by atoms with Crippen LogP contribution in [0.4, 0.5) is 4.79 Å². The fourth-order valence-corrected chi connectivity index (χ4v) is 3.88. The summed E-state index contributed by atoms with van der Waals surface area (Å²) in [5.41, 5.74) is 1.29. The third-order valence-electron chi connectivity index (χ3n) is 5.01. The van der Waals surface area contributed by atoms with Gasteiger partial charge in [0.15, 0.2) is 0 Å². The van der Waals surface area contributed by atoms with Gasteiger partial charge in [-0.05, 0) is 43.7 Å². The summed E-state index contributed by atoms with van der Waals surface area (Å²) >= 11 is 6.48. The number of carboxylic acid groups (broad SMARTS) is 1. The summed E-state index contributed by atoms with van der Waals surface area (Å²) in [5.74, 6) is 0.600. The molecule has 2 atom stereocenters. The van der Waals surface area contributed by atoms with Crippen molar-refractivity contribution in [3.8, 4) is 5.75 Å². The van der Waals surface area contributed by atoms with Gasteiger partial charge in [0.25, 0.3) is 5.56 Å². The summed E-state index contributed by atoms with van der Waals surface area (Å²) in [5, 5.41) is 13.9. The van der Waals surface area contributed by atoms with Crippen molar-refractivity contribution in [2.45, 2.75) is 33.2 Å². The number of halogens is 1. The number of benzene rings is 1. The average molecular weight is 418 g/mol. The van der Waals surface area contributed by atoms with Gasteiger partial charge in [-0.3, -0.25) is 9.78 Å². The van der Waals surface area contributed by atoms with E-state index in [4.69, 9.17) is 21.4 Å². The minimum Gasteiger partial charge on any atom is -0.492 e. The molecule has 2 aromatic heterocycles. The van der Waals surface area contributed by atoms with Gasteiger partial charge in [-0.2, -0.15) is 0 Å². The largest absolute Gasteiger partial charge is 0.492 e. The number of fused-ring (bicyclic) bond motifs is 3. The summed E-state index contributed by atoms with van der Waals surface area (Å²) in [6, 6.07) is 5.23. The van der Waals surface area contributed by atoms with Crippen LogP contribution in [0.1, 0.15) is 26.0 Å². The molecule has 0 spiro atoms. The molecule has 2 unspecified atom stereocenters. The Morgan fingerprint density at radius 3 is 2.76 bits per heavy atom. The number of hydrogen-bond acceptors (Lipinski definition) is 4. The quantitative estimate of drug-likeness (QED) is 0.588. The van der Waals surface area contributed by atoms with Gasteiger partial charge >= 0.3 is 6.09 Å². The van der Waals surface area contributed by atoms with E-state index in [1.165, 1.54) is 0 Å². The third-order valence-corrected chi connectivity index (χ3v) is 5.31. The number of aromatic nitrogens is 2. The van der Waals surface area contributed by atoms with Crippen LogP contribution in [0, 0.1) is 12.8 Å². The maximum atomic E-state index is 12.8. The van der Waals surface area contributed by atoms with Gasteiger partial charge in [-0.1, -0.05) is 18.5 Å². The van der Waals surface area contributed by atoms with E-state index in [0.717, 1.165) is 16.3 Å². The van der Waals surface area contributed by atoms with Crippen LogP contribution in [0.25, 0.3) is 21.7 Å². The molecule has 1 amide bonds. The molecule has 0 saturated heterocycles. The maximum absolute atomic E-state index is 12.8. The van der Waals surface area contributed by atoms with Crippen LogP contribution in [-0.4, -0.2) is 33.4 Å². The lowest BCUT2D eigenvalue weighted by Gasteiger charge is -2.19. The molecule has 0 aliphatic rings. The van der Waals surface area contributed by atoms with E-state index in [1.54, 1.807) is 23.9 Å². The summed E-state index contributed by atoms with van der Waals surface area (Å²) in [6.07, 6.45) is 1.28. The molecule has 1 aromatic carbocycles. The first kappa shape index (κ1) is 20.9. The molecule has 0 aliphatic carbocycles. The molecule has 0 saturated carbocycles. The second-order valence-electron chi connectivity index (χ2n) is 7.49. The van der Waals surface area contributed by atoms with Gasteiger partial charge in [0, 0.05) is 30.7 Å². The van der Waals surface area contributed by atoms with Crippen molar-refractivity contribution in [3.05, 3.63) is 45.5 Å². The molecule has 2 N–H and O–H groups in total. The van der Waals surface area contributed by atoms with Crippen molar-refractivity contribution in [2.24, 2.45) is 13.0 Å². The number of amides is 1. The van der Waals surface area contributed by atoms with E-state index < -0.39 is 6.09 Å². The highest BCUT2D eigenvalue weighted by molar-refractivity contribution is 6.33. The summed E-state index contributed by atoms with van der Waals surface area (Å²) in [7, 11) is 1.72. The van der Waals surface area contributed by atoms with Gasteiger partial charge in [0.2, 0.25) is 0 Å². The standard InChI is InChI=1S/C21H24ClN3O4/c1-11(7-12(2)24-21(27)28)10-29-18-9-17-15(8-16(18)22)14-5-6-23-13(3)19(14)20(26)25(17)4/h5-6,8-9,11-12,24H,7,10H2,1-4H3,(H,27,28). The smallest absolute Gasteiger partial charge is 0.404 e. The van der Waals surface area contributed by atoms with Crippen molar-refractivity contribution in [2.75, 3.05) is 6.61 Å². The van der Waals surface area contributed by atoms with E-state index in [9.17, 15) is 9.59 Å². The Hall–Kier alpha value is -2.80. The predicted molar refractivity (Wildman–Crippen MR) is 114 cm³/mol. The van der Waals surface area contributed by atoms with E-state index in [0.29, 0.717) is 34.9 Å². The normalized spacial score (nSPS) is 13.4. The van der Waals surface area contributed by atoms with Gasteiger partial charge in [0.1, 0.15) is 5.75 Å². The average Bonchev–Trinajstić information content (AvgIpc) is 2.64. The molecule has 3 aromatic rings. The molecule has 0 bridgehead atoms. The van der Waals surface area contributed by atoms with Gasteiger partial charge in [0.05, 0.1) is 28.2 Å². The first-order chi connectivity index (χ1) is 13.7. The van der Waals surface area contributed by atoms with Crippen molar-refractivity contribution in [3.63, 3.8) is 0 Å². The summed E-state index contributed by atoms with van der Waals surface area (Å²) in [4.78, 5) is 27.8. The number of nitrogens with zero attached hydrogens (tertiary/aromatic N) is 2. The number of aryl methyl sites for hydroxylation is 2. The van der Waals surface area contributed by atoms with E-state index >= 15 is 0 Å². The van der Waals surface area contributed by atoms with Crippen molar-refractivity contribution < 1.29 is 14.6 Å².